The Morgan fingerprint density at radius 3 is 2.65 bits per heavy atom. The molecule has 0 amide bonds. The molecular formula is C13H23N3S. The molecule has 0 bridgehead atoms. The first-order valence-electron chi connectivity index (χ1n) is 6.18. The van der Waals surface area contributed by atoms with E-state index in [0.717, 1.165) is 30.9 Å². The van der Waals surface area contributed by atoms with Crippen molar-refractivity contribution >= 4 is 23.1 Å². The minimum atomic E-state index is 0.678. The van der Waals surface area contributed by atoms with Crippen LogP contribution in [0, 0.1) is 5.92 Å². The summed E-state index contributed by atoms with van der Waals surface area (Å²) in [4.78, 5) is 4.23. The van der Waals surface area contributed by atoms with Crippen LogP contribution in [0.2, 0.25) is 0 Å². The molecule has 17 heavy (non-hydrogen) atoms. The molecule has 0 saturated carbocycles. The van der Waals surface area contributed by atoms with Crippen LogP contribution in [0.4, 0.5) is 11.4 Å². The number of rotatable bonds is 8. The first-order valence-corrected chi connectivity index (χ1v) is 7.57. The number of nitrogens with one attached hydrogen (secondary N) is 2. The maximum Gasteiger partial charge on any atom is 0.0547 e. The van der Waals surface area contributed by atoms with E-state index in [4.69, 9.17) is 0 Å². The molecule has 2 N–H and O–H groups in total. The minimum Gasteiger partial charge on any atom is -0.384 e. The van der Waals surface area contributed by atoms with Gasteiger partial charge in [0.2, 0.25) is 0 Å². The zero-order chi connectivity index (χ0) is 12.5. The van der Waals surface area contributed by atoms with Crippen molar-refractivity contribution in [2.75, 3.05) is 35.7 Å². The van der Waals surface area contributed by atoms with Crippen LogP contribution in [-0.2, 0) is 0 Å². The molecule has 0 aromatic carbocycles. The molecule has 1 aromatic heterocycles. The summed E-state index contributed by atoms with van der Waals surface area (Å²) < 4.78 is 0. The lowest BCUT2D eigenvalue weighted by molar-refractivity contribution is 0.701. The van der Waals surface area contributed by atoms with Gasteiger partial charge < -0.3 is 10.6 Å². The Morgan fingerprint density at radius 2 is 2.00 bits per heavy atom. The Balaban J connectivity index is 2.42. The second-order valence-corrected chi connectivity index (χ2v) is 5.24. The van der Waals surface area contributed by atoms with Crippen LogP contribution in [-0.4, -0.2) is 30.1 Å². The van der Waals surface area contributed by atoms with E-state index in [1.54, 1.807) is 0 Å². The molecule has 96 valence electrons. The normalized spacial score (nSPS) is 12.2. The molecule has 0 aliphatic carbocycles. The van der Waals surface area contributed by atoms with Gasteiger partial charge in [-0.15, -0.1) is 0 Å². The highest BCUT2D eigenvalue weighted by Crippen LogP contribution is 2.14. The molecule has 0 aliphatic heterocycles. The molecule has 1 rings (SSSR count). The van der Waals surface area contributed by atoms with Crippen LogP contribution >= 0.6 is 11.8 Å². The Kier molecular flexibility index (Phi) is 6.86. The van der Waals surface area contributed by atoms with Crippen LogP contribution in [0.15, 0.2) is 18.5 Å². The van der Waals surface area contributed by atoms with Gasteiger partial charge >= 0.3 is 0 Å². The van der Waals surface area contributed by atoms with Crippen LogP contribution in [0.25, 0.3) is 0 Å². The van der Waals surface area contributed by atoms with E-state index >= 15 is 0 Å². The number of hydrogen-bond donors (Lipinski definition) is 2. The van der Waals surface area contributed by atoms with Gasteiger partial charge in [0.25, 0.3) is 0 Å². The van der Waals surface area contributed by atoms with Gasteiger partial charge in [0, 0.05) is 13.1 Å². The second-order valence-electron chi connectivity index (χ2n) is 4.33. The van der Waals surface area contributed by atoms with Gasteiger partial charge in [-0.25, -0.2) is 0 Å². The molecule has 3 nitrogen and oxygen atoms in total. The Bertz CT molecular complexity index is 317. The average molecular weight is 253 g/mol. The monoisotopic (exact) mass is 253 g/mol. The van der Waals surface area contributed by atoms with E-state index in [9.17, 15) is 0 Å². The summed E-state index contributed by atoms with van der Waals surface area (Å²) in [6.07, 6.45) is 7.02. The van der Waals surface area contributed by atoms with Crippen LogP contribution < -0.4 is 10.6 Å². The minimum absolute atomic E-state index is 0.678. The third-order valence-electron chi connectivity index (χ3n) is 2.42. The van der Waals surface area contributed by atoms with E-state index in [2.05, 4.69) is 41.8 Å². The summed E-state index contributed by atoms with van der Waals surface area (Å²) >= 11 is 1.89. The quantitative estimate of drug-likeness (QED) is 0.745. The topological polar surface area (TPSA) is 37.0 Å². The van der Waals surface area contributed by atoms with Gasteiger partial charge in [-0.1, -0.05) is 13.8 Å². The summed E-state index contributed by atoms with van der Waals surface area (Å²) in [5, 5.41) is 6.77. The number of nitrogens with zero attached hydrogens (tertiary/aromatic N) is 1. The Hall–Kier alpha value is -0.900. The van der Waals surface area contributed by atoms with E-state index in [1.807, 2.05) is 24.2 Å². The number of anilines is 2. The van der Waals surface area contributed by atoms with Gasteiger partial charge in [-0.2, -0.15) is 11.8 Å². The van der Waals surface area contributed by atoms with Crippen molar-refractivity contribution in [3.05, 3.63) is 18.5 Å². The van der Waals surface area contributed by atoms with Crippen LogP contribution in [0.1, 0.15) is 20.3 Å². The van der Waals surface area contributed by atoms with Crippen molar-refractivity contribution in [1.82, 2.24) is 4.98 Å². The molecule has 0 saturated heterocycles. The molecule has 0 radical (unpaired) electrons. The largest absolute Gasteiger partial charge is 0.384 e. The van der Waals surface area contributed by atoms with Crippen molar-refractivity contribution in [3.8, 4) is 0 Å². The predicted molar refractivity (Wildman–Crippen MR) is 79.1 cm³/mol. The number of aromatic nitrogens is 1. The van der Waals surface area contributed by atoms with Gasteiger partial charge in [-0.05, 0) is 30.4 Å². The SMILES string of the molecule is CCCNc1cncc(NCC(C)CSC)c1. The smallest absolute Gasteiger partial charge is 0.0547 e. The zero-order valence-corrected chi connectivity index (χ0v) is 11.8. The first kappa shape index (κ1) is 14.2. The fraction of sp³-hybridized carbons (Fsp3) is 0.615. The number of thioether (sulfide) groups is 1. The van der Waals surface area contributed by atoms with E-state index in [0.29, 0.717) is 5.92 Å². The highest BCUT2D eigenvalue weighted by Gasteiger charge is 2.01. The maximum absolute atomic E-state index is 4.23. The first-order chi connectivity index (χ1) is 8.26. The summed E-state index contributed by atoms with van der Waals surface area (Å²) in [7, 11) is 0. The summed E-state index contributed by atoms with van der Waals surface area (Å²) in [6, 6.07) is 2.12. The highest BCUT2D eigenvalue weighted by atomic mass is 32.2. The second kappa shape index (κ2) is 8.23. The zero-order valence-electron chi connectivity index (χ0n) is 11.0. The molecule has 1 unspecified atom stereocenters. The van der Waals surface area contributed by atoms with Gasteiger partial charge in [0.1, 0.15) is 0 Å². The number of pyridine rings is 1. The molecule has 0 fully saturated rings. The van der Waals surface area contributed by atoms with Gasteiger partial charge in [0.05, 0.1) is 23.8 Å². The third kappa shape index (κ3) is 5.82. The average Bonchev–Trinajstić information content (AvgIpc) is 2.35. The maximum atomic E-state index is 4.23. The Labute approximate surface area is 109 Å². The molecule has 1 heterocycles. The van der Waals surface area contributed by atoms with Crippen molar-refractivity contribution in [3.63, 3.8) is 0 Å². The summed E-state index contributed by atoms with van der Waals surface area (Å²) in [5.74, 6) is 1.87. The summed E-state index contributed by atoms with van der Waals surface area (Å²) in [5.41, 5.74) is 2.19. The lowest BCUT2D eigenvalue weighted by Crippen LogP contribution is -2.13. The van der Waals surface area contributed by atoms with Crippen molar-refractivity contribution < 1.29 is 0 Å². The fourth-order valence-corrected chi connectivity index (χ4v) is 2.23. The van der Waals surface area contributed by atoms with Crippen molar-refractivity contribution in [2.45, 2.75) is 20.3 Å². The van der Waals surface area contributed by atoms with E-state index in [1.165, 1.54) is 5.75 Å². The Morgan fingerprint density at radius 1 is 1.29 bits per heavy atom. The number of hydrogen-bond acceptors (Lipinski definition) is 4. The molecule has 1 aromatic rings. The molecular weight excluding hydrogens is 230 g/mol. The summed E-state index contributed by atoms with van der Waals surface area (Å²) in [6.45, 7) is 6.41. The van der Waals surface area contributed by atoms with Crippen LogP contribution in [0.3, 0.4) is 0 Å². The lowest BCUT2D eigenvalue weighted by atomic mass is 10.2. The highest BCUT2D eigenvalue weighted by molar-refractivity contribution is 7.98. The molecule has 1 atom stereocenters. The van der Waals surface area contributed by atoms with Crippen LogP contribution in [0.5, 0.6) is 0 Å². The van der Waals surface area contributed by atoms with Gasteiger partial charge in [-0.3, -0.25) is 4.98 Å². The fourth-order valence-electron chi connectivity index (χ4n) is 1.54. The predicted octanol–water partition coefficient (Wildman–Crippen LogP) is 3.31. The standard InChI is InChI=1S/C13H23N3S/c1-4-5-15-12-6-13(9-14-8-12)16-7-11(2)10-17-3/h6,8-9,11,15-16H,4-5,7,10H2,1-3H3. The van der Waals surface area contributed by atoms with E-state index in [-0.39, 0.29) is 0 Å². The molecule has 4 heteroatoms. The molecule has 0 aliphatic rings. The molecule has 0 spiro atoms. The van der Waals surface area contributed by atoms with Crippen molar-refractivity contribution in [1.29, 1.82) is 0 Å². The van der Waals surface area contributed by atoms with Crippen molar-refractivity contribution in [2.24, 2.45) is 5.92 Å². The lowest BCUT2D eigenvalue weighted by Gasteiger charge is -2.13. The third-order valence-corrected chi connectivity index (χ3v) is 3.33. The van der Waals surface area contributed by atoms with E-state index < -0.39 is 0 Å². The van der Waals surface area contributed by atoms with Gasteiger partial charge in [0.15, 0.2) is 0 Å².